The van der Waals surface area contributed by atoms with Crippen LogP contribution in [0.15, 0.2) is 96.4 Å². The summed E-state index contributed by atoms with van der Waals surface area (Å²) < 4.78 is 6.28. The standard InChI is InChI=1S/C29H29NO3/c31-26-21-29(24-15-5-2-6-16-24,19-18-22-11-3-1-4-12-22)33-28(32)27(26)30-20-10-9-14-23-13-7-8-17-25(23)30/h1-8,11-13,15-17,31H,9-10,14,18-21H2. The number of ether oxygens (including phenoxy) is 1. The lowest BCUT2D eigenvalue weighted by atomic mass is 9.82. The number of para-hydroxylation sites is 1. The number of esters is 1. The summed E-state index contributed by atoms with van der Waals surface area (Å²) in [5, 5.41) is 11.3. The van der Waals surface area contributed by atoms with Crippen LogP contribution >= 0.6 is 0 Å². The number of hydrogen-bond donors (Lipinski definition) is 1. The fourth-order valence-corrected chi connectivity index (χ4v) is 5.10. The Balaban J connectivity index is 1.52. The molecule has 0 amide bonds. The van der Waals surface area contributed by atoms with E-state index in [1.54, 1.807) is 0 Å². The van der Waals surface area contributed by atoms with Gasteiger partial charge in [0.2, 0.25) is 0 Å². The zero-order valence-corrected chi connectivity index (χ0v) is 18.7. The molecule has 0 saturated carbocycles. The highest BCUT2D eigenvalue weighted by Crippen LogP contribution is 2.43. The van der Waals surface area contributed by atoms with Crippen molar-refractivity contribution in [3.05, 3.63) is 113 Å². The van der Waals surface area contributed by atoms with Crippen molar-refractivity contribution in [2.75, 3.05) is 11.4 Å². The predicted octanol–water partition coefficient (Wildman–Crippen LogP) is 6.07. The molecule has 3 aromatic carbocycles. The number of benzene rings is 3. The minimum absolute atomic E-state index is 0.111. The van der Waals surface area contributed by atoms with Gasteiger partial charge in [0.15, 0.2) is 5.70 Å². The Morgan fingerprint density at radius 3 is 2.33 bits per heavy atom. The van der Waals surface area contributed by atoms with Crippen molar-refractivity contribution in [1.82, 2.24) is 0 Å². The van der Waals surface area contributed by atoms with Crippen LogP contribution in [0.1, 0.15) is 42.4 Å². The molecule has 4 heteroatoms. The van der Waals surface area contributed by atoms with E-state index in [0.717, 1.165) is 36.9 Å². The molecule has 2 aliphatic rings. The minimum atomic E-state index is -0.896. The summed E-state index contributed by atoms with van der Waals surface area (Å²) in [6, 6.07) is 28.2. The molecule has 0 aliphatic carbocycles. The molecule has 0 saturated heterocycles. The number of carbonyl (C=O) groups is 1. The fraction of sp³-hybridized carbons (Fsp3) is 0.276. The quantitative estimate of drug-likeness (QED) is 0.490. The lowest BCUT2D eigenvalue weighted by Gasteiger charge is -2.40. The molecule has 0 bridgehead atoms. The lowest BCUT2D eigenvalue weighted by molar-refractivity contribution is -0.161. The molecule has 5 rings (SSSR count). The van der Waals surface area contributed by atoms with E-state index in [2.05, 4.69) is 18.2 Å². The largest absolute Gasteiger partial charge is 0.510 e. The Kier molecular flexibility index (Phi) is 5.91. The van der Waals surface area contributed by atoms with Gasteiger partial charge in [-0.15, -0.1) is 0 Å². The van der Waals surface area contributed by atoms with Crippen LogP contribution in [-0.2, 0) is 28.0 Å². The summed E-state index contributed by atoms with van der Waals surface area (Å²) in [4.78, 5) is 15.5. The van der Waals surface area contributed by atoms with Crippen LogP contribution in [0.2, 0.25) is 0 Å². The molecule has 0 aromatic heterocycles. The van der Waals surface area contributed by atoms with E-state index in [4.69, 9.17) is 4.74 Å². The highest BCUT2D eigenvalue weighted by molar-refractivity contribution is 5.95. The first-order valence-corrected chi connectivity index (χ1v) is 11.8. The maximum Gasteiger partial charge on any atom is 0.359 e. The lowest BCUT2D eigenvalue weighted by Crippen LogP contribution is -2.43. The summed E-state index contributed by atoms with van der Waals surface area (Å²) in [5.74, 6) is -0.341. The molecule has 1 N–H and O–H groups in total. The van der Waals surface area contributed by atoms with Crippen molar-refractivity contribution in [2.45, 2.75) is 44.1 Å². The van der Waals surface area contributed by atoms with E-state index in [1.165, 1.54) is 11.1 Å². The minimum Gasteiger partial charge on any atom is -0.510 e. The zero-order valence-electron chi connectivity index (χ0n) is 18.7. The maximum absolute atomic E-state index is 13.5. The number of nitrogens with zero attached hydrogens (tertiary/aromatic N) is 1. The third kappa shape index (κ3) is 4.25. The van der Waals surface area contributed by atoms with E-state index in [0.29, 0.717) is 13.0 Å². The summed E-state index contributed by atoms with van der Waals surface area (Å²) >= 11 is 0. The molecular weight excluding hydrogens is 410 g/mol. The van der Waals surface area contributed by atoms with Crippen LogP contribution in [0.25, 0.3) is 0 Å². The van der Waals surface area contributed by atoms with Gasteiger partial charge in [-0.1, -0.05) is 78.9 Å². The number of hydrogen-bond acceptors (Lipinski definition) is 4. The molecule has 1 unspecified atom stereocenters. The van der Waals surface area contributed by atoms with Gasteiger partial charge in [0.05, 0.1) is 6.42 Å². The Morgan fingerprint density at radius 2 is 1.58 bits per heavy atom. The van der Waals surface area contributed by atoms with Crippen molar-refractivity contribution in [3.8, 4) is 0 Å². The Bertz CT molecular complexity index is 1160. The monoisotopic (exact) mass is 439 g/mol. The van der Waals surface area contributed by atoms with Crippen molar-refractivity contribution < 1.29 is 14.6 Å². The van der Waals surface area contributed by atoms with Crippen molar-refractivity contribution >= 4 is 11.7 Å². The molecule has 0 fully saturated rings. The smallest absolute Gasteiger partial charge is 0.359 e. The van der Waals surface area contributed by atoms with E-state index in [9.17, 15) is 9.90 Å². The van der Waals surface area contributed by atoms with Crippen molar-refractivity contribution in [3.63, 3.8) is 0 Å². The molecule has 2 aliphatic heterocycles. The maximum atomic E-state index is 13.5. The topological polar surface area (TPSA) is 49.8 Å². The molecular formula is C29H29NO3. The van der Waals surface area contributed by atoms with Crippen LogP contribution in [0.4, 0.5) is 5.69 Å². The molecule has 4 nitrogen and oxygen atoms in total. The Hall–Kier alpha value is -3.53. The van der Waals surface area contributed by atoms with Gasteiger partial charge in [0, 0.05) is 12.2 Å². The number of fused-ring (bicyclic) bond motifs is 1. The van der Waals surface area contributed by atoms with E-state index in [1.807, 2.05) is 71.6 Å². The first-order chi connectivity index (χ1) is 16.2. The van der Waals surface area contributed by atoms with Gasteiger partial charge in [-0.25, -0.2) is 4.79 Å². The third-order valence-corrected chi connectivity index (χ3v) is 6.80. The summed E-state index contributed by atoms with van der Waals surface area (Å²) in [6.07, 6.45) is 4.60. The number of anilines is 1. The summed E-state index contributed by atoms with van der Waals surface area (Å²) in [7, 11) is 0. The van der Waals surface area contributed by atoms with Crippen LogP contribution in [-0.4, -0.2) is 17.6 Å². The fourth-order valence-electron chi connectivity index (χ4n) is 5.10. The second kappa shape index (κ2) is 9.14. The van der Waals surface area contributed by atoms with Crippen LogP contribution in [0.5, 0.6) is 0 Å². The molecule has 1 atom stereocenters. The van der Waals surface area contributed by atoms with Crippen LogP contribution < -0.4 is 4.90 Å². The van der Waals surface area contributed by atoms with Gasteiger partial charge < -0.3 is 14.7 Å². The van der Waals surface area contributed by atoms with Gasteiger partial charge >= 0.3 is 5.97 Å². The van der Waals surface area contributed by atoms with Gasteiger partial charge in [-0.05, 0) is 54.9 Å². The number of carbonyl (C=O) groups excluding carboxylic acids is 1. The van der Waals surface area contributed by atoms with E-state index >= 15 is 0 Å². The van der Waals surface area contributed by atoms with E-state index < -0.39 is 11.6 Å². The molecule has 168 valence electrons. The summed E-state index contributed by atoms with van der Waals surface area (Å²) in [5.41, 5.74) is 3.68. The average Bonchev–Trinajstić information content (AvgIpc) is 3.06. The second-order valence-electron chi connectivity index (χ2n) is 8.94. The van der Waals surface area contributed by atoms with E-state index in [-0.39, 0.29) is 17.9 Å². The van der Waals surface area contributed by atoms with Crippen molar-refractivity contribution in [2.24, 2.45) is 0 Å². The number of aryl methyl sites for hydroxylation is 2. The zero-order chi connectivity index (χ0) is 22.7. The highest BCUT2D eigenvalue weighted by atomic mass is 16.6. The van der Waals surface area contributed by atoms with Gasteiger partial charge in [-0.3, -0.25) is 0 Å². The third-order valence-electron chi connectivity index (χ3n) is 6.80. The SMILES string of the molecule is O=C1OC(CCc2ccccc2)(c2ccccc2)CC(O)=C1N1CCCCc2ccccc21. The molecule has 0 radical (unpaired) electrons. The molecule has 33 heavy (non-hydrogen) atoms. The van der Waals surface area contributed by atoms with Crippen LogP contribution in [0.3, 0.4) is 0 Å². The Labute approximate surface area is 195 Å². The number of rotatable bonds is 5. The number of cyclic esters (lactones) is 1. The molecule has 3 aromatic rings. The highest BCUT2D eigenvalue weighted by Gasteiger charge is 2.45. The molecule has 2 heterocycles. The Morgan fingerprint density at radius 1 is 0.879 bits per heavy atom. The predicted molar refractivity (Wildman–Crippen MR) is 130 cm³/mol. The first kappa shape index (κ1) is 21.3. The number of aliphatic hydroxyl groups excluding tert-OH is 1. The summed E-state index contributed by atoms with van der Waals surface area (Å²) in [6.45, 7) is 0.688. The van der Waals surface area contributed by atoms with Gasteiger partial charge in [0.1, 0.15) is 11.4 Å². The second-order valence-corrected chi connectivity index (χ2v) is 8.94. The molecule has 0 spiro atoms. The van der Waals surface area contributed by atoms with Crippen LogP contribution in [0, 0.1) is 0 Å². The van der Waals surface area contributed by atoms with Crippen molar-refractivity contribution in [1.29, 1.82) is 0 Å². The van der Waals surface area contributed by atoms with Gasteiger partial charge in [-0.2, -0.15) is 0 Å². The number of aliphatic hydroxyl groups is 1. The van der Waals surface area contributed by atoms with Gasteiger partial charge in [0.25, 0.3) is 0 Å². The first-order valence-electron chi connectivity index (χ1n) is 11.8. The normalized spacial score (nSPS) is 20.7. The average molecular weight is 440 g/mol.